The van der Waals surface area contributed by atoms with Crippen molar-refractivity contribution in [3.63, 3.8) is 0 Å². The summed E-state index contributed by atoms with van der Waals surface area (Å²) in [6.45, 7) is 0.840. The van der Waals surface area contributed by atoms with Gasteiger partial charge in [0.25, 0.3) is 0 Å². The molecule has 0 aromatic heterocycles. The van der Waals surface area contributed by atoms with Gasteiger partial charge >= 0.3 is 0 Å². The van der Waals surface area contributed by atoms with E-state index in [9.17, 15) is 17.6 Å². The molecule has 1 saturated heterocycles. The fourth-order valence-corrected chi connectivity index (χ4v) is 5.67. The molecule has 0 unspecified atom stereocenters. The topological polar surface area (TPSA) is 84.9 Å². The number of benzene rings is 3. The Morgan fingerprint density at radius 2 is 1.71 bits per heavy atom. The van der Waals surface area contributed by atoms with Crippen molar-refractivity contribution in [1.82, 2.24) is 9.62 Å². The third kappa shape index (κ3) is 5.98. The molecule has 1 aliphatic rings. The molecule has 3 aromatic carbocycles. The number of amides is 1. The van der Waals surface area contributed by atoms with Gasteiger partial charge in [-0.15, -0.1) is 0 Å². The van der Waals surface area contributed by atoms with Gasteiger partial charge in [0.05, 0.1) is 12.0 Å². The number of methoxy groups -OCH3 is 1. The van der Waals surface area contributed by atoms with Crippen molar-refractivity contribution in [2.45, 2.75) is 36.9 Å². The lowest BCUT2D eigenvalue weighted by atomic mass is 10.2. The molecule has 1 heterocycles. The molecule has 0 radical (unpaired) electrons. The van der Waals surface area contributed by atoms with Gasteiger partial charge in [-0.2, -0.15) is 4.31 Å². The molecule has 0 aliphatic carbocycles. The lowest BCUT2D eigenvalue weighted by Gasteiger charge is -2.23. The Kier molecular flexibility index (Phi) is 7.67. The SMILES string of the molecule is COc1cccc(COc2cccc(CNC(=O)[C@@H]3CCCN3S(=O)(=O)c3ccc(F)cc3)c2)c1. The smallest absolute Gasteiger partial charge is 0.243 e. The van der Waals surface area contributed by atoms with Crippen LogP contribution in [-0.2, 0) is 28.0 Å². The summed E-state index contributed by atoms with van der Waals surface area (Å²) in [6.07, 6.45) is 1.00. The van der Waals surface area contributed by atoms with Gasteiger partial charge in [0.2, 0.25) is 15.9 Å². The largest absolute Gasteiger partial charge is 0.497 e. The van der Waals surface area contributed by atoms with E-state index in [1.807, 2.05) is 48.5 Å². The molecule has 9 heteroatoms. The minimum atomic E-state index is -3.90. The number of nitrogens with zero attached hydrogens (tertiary/aromatic N) is 1. The molecule has 1 aliphatic heterocycles. The van der Waals surface area contributed by atoms with E-state index in [0.717, 1.165) is 29.0 Å². The Hall–Kier alpha value is -3.43. The maximum absolute atomic E-state index is 13.2. The van der Waals surface area contributed by atoms with E-state index in [4.69, 9.17) is 9.47 Å². The van der Waals surface area contributed by atoms with E-state index in [2.05, 4.69) is 5.32 Å². The van der Waals surface area contributed by atoms with E-state index < -0.39 is 21.9 Å². The summed E-state index contributed by atoms with van der Waals surface area (Å²) in [5, 5.41) is 2.84. The highest BCUT2D eigenvalue weighted by molar-refractivity contribution is 7.89. The zero-order valence-corrected chi connectivity index (χ0v) is 20.1. The van der Waals surface area contributed by atoms with Crippen LogP contribution in [0.4, 0.5) is 4.39 Å². The van der Waals surface area contributed by atoms with Crippen LogP contribution in [0.25, 0.3) is 0 Å². The molecule has 0 saturated carbocycles. The second kappa shape index (κ2) is 10.9. The number of hydrogen-bond donors (Lipinski definition) is 1. The molecule has 35 heavy (non-hydrogen) atoms. The van der Waals surface area contributed by atoms with Gasteiger partial charge in [0.1, 0.15) is 30.0 Å². The van der Waals surface area contributed by atoms with E-state index in [-0.39, 0.29) is 23.9 Å². The van der Waals surface area contributed by atoms with Gasteiger partial charge < -0.3 is 14.8 Å². The molecular formula is C26H27FN2O5S. The van der Waals surface area contributed by atoms with Crippen LogP contribution < -0.4 is 14.8 Å². The van der Waals surface area contributed by atoms with Gasteiger partial charge in [-0.3, -0.25) is 4.79 Å². The second-order valence-corrected chi connectivity index (χ2v) is 10.1. The maximum atomic E-state index is 13.2. The average Bonchev–Trinajstić information content (AvgIpc) is 3.38. The fourth-order valence-electron chi connectivity index (χ4n) is 4.01. The van der Waals surface area contributed by atoms with E-state index in [1.165, 1.54) is 16.4 Å². The average molecular weight is 499 g/mol. The summed E-state index contributed by atoms with van der Waals surface area (Å²) in [4.78, 5) is 12.9. The van der Waals surface area contributed by atoms with Crippen LogP contribution in [0.5, 0.6) is 11.5 Å². The molecule has 0 spiro atoms. The van der Waals surface area contributed by atoms with E-state index >= 15 is 0 Å². The quantitative estimate of drug-likeness (QED) is 0.484. The highest BCUT2D eigenvalue weighted by Gasteiger charge is 2.39. The summed E-state index contributed by atoms with van der Waals surface area (Å²) >= 11 is 0. The van der Waals surface area contributed by atoms with Gasteiger partial charge in [-0.05, 0) is 72.5 Å². The van der Waals surface area contributed by atoms with Crippen molar-refractivity contribution in [3.05, 3.63) is 89.7 Å². The van der Waals surface area contributed by atoms with Gasteiger partial charge in [-0.1, -0.05) is 24.3 Å². The highest BCUT2D eigenvalue weighted by atomic mass is 32.2. The first kappa shape index (κ1) is 24.7. The molecule has 0 bridgehead atoms. The maximum Gasteiger partial charge on any atom is 0.243 e. The highest BCUT2D eigenvalue weighted by Crippen LogP contribution is 2.26. The normalized spacial score (nSPS) is 16.1. The van der Waals surface area contributed by atoms with Gasteiger partial charge in [0, 0.05) is 13.1 Å². The first-order valence-corrected chi connectivity index (χ1v) is 12.7. The summed E-state index contributed by atoms with van der Waals surface area (Å²) < 4.78 is 51.5. The van der Waals surface area contributed by atoms with Crippen molar-refractivity contribution >= 4 is 15.9 Å². The first-order valence-electron chi connectivity index (χ1n) is 11.3. The zero-order chi connectivity index (χ0) is 24.8. The molecule has 7 nitrogen and oxygen atoms in total. The van der Waals surface area contributed by atoms with Crippen LogP contribution in [0.3, 0.4) is 0 Å². The van der Waals surface area contributed by atoms with Crippen LogP contribution >= 0.6 is 0 Å². The predicted octanol–water partition coefficient (Wildman–Crippen LogP) is 3.88. The van der Waals surface area contributed by atoms with Crippen molar-refractivity contribution < 1.29 is 27.1 Å². The number of hydrogen-bond acceptors (Lipinski definition) is 5. The lowest BCUT2D eigenvalue weighted by Crippen LogP contribution is -2.45. The Morgan fingerprint density at radius 1 is 1.03 bits per heavy atom. The Labute approximate surface area is 204 Å². The van der Waals surface area contributed by atoms with Gasteiger partial charge in [-0.25, -0.2) is 12.8 Å². The number of nitrogens with one attached hydrogen (secondary N) is 1. The minimum absolute atomic E-state index is 0.0283. The fraction of sp³-hybridized carbons (Fsp3) is 0.269. The summed E-state index contributed by atoms with van der Waals surface area (Å²) in [5.74, 6) is 0.524. The monoisotopic (exact) mass is 498 g/mol. The van der Waals surface area contributed by atoms with E-state index in [1.54, 1.807) is 7.11 Å². The molecule has 4 rings (SSSR count). The molecule has 1 fully saturated rings. The number of ether oxygens (including phenoxy) is 2. The molecule has 1 atom stereocenters. The van der Waals surface area contributed by atoms with E-state index in [0.29, 0.717) is 25.2 Å². The standard InChI is InChI=1S/C26H27FN2O5S/c1-33-22-7-3-6-20(16-22)18-34-23-8-2-5-19(15-23)17-28-26(30)25-9-4-14-29(25)35(31,32)24-12-10-21(27)11-13-24/h2-3,5-8,10-13,15-16,25H,4,9,14,17-18H2,1H3,(H,28,30)/t25-/m0/s1. The molecule has 184 valence electrons. The van der Waals surface area contributed by atoms with Crippen molar-refractivity contribution in [2.24, 2.45) is 0 Å². The first-order chi connectivity index (χ1) is 16.9. The number of carbonyl (C=O) groups is 1. The second-order valence-electron chi connectivity index (χ2n) is 8.23. The summed E-state index contributed by atoms with van der Waals surface area (Å²) in [5.41, 5.74) is 1.79. The van der Waals surface area contributed by atoms with Gasteiger partial charge in [0.15, 0.2) is 0 Å². The number of halogens is 1. The Bertz CT molecular complexity index is 1280. The Balaban J connectivity index is 1.36. The van der Waals surface area contributed by atoms with Crippen LogP contribution in [0.2, 0.25) is 0 Å². The van der Waals surface area contributed by atoms with Crippen LogP contribution in [0.1, 0.15) is 24.0 Å². The number of rotatable bonds is 9. The van der Waals surface area contributed by atoms with Crippen LogP contribution in [0, 0.1) is 5.82 Å². The zero-order valence-electron chi connectivity index (χ0n) is 19.3. The predicted molar refractivity (Wildman–Crippen MR) is 129 cm³/mol. The van der Waals surface area contributed by atoms with Crippen LogP contribution in [-0.4, -0.2) is 38.3 Å². The number of carbonyl (C=O) groups excluding carboxylic acids is 1. The third-order valence-corrected chi connectivity index (χ3v) is 7.75. The number of sulfonamides is 1. The summed E-state index contributed by atoms with van der Waals surface area (Å²) in [6, 6.07) is 18.8. The Morgan fingerprint density at radius 3 is 2.46 bits per heavy atom. The molecule has 1 N–H and O–H groups in total. The molecule has 3 aromatic rings. The van der Waals surface area contributed by atoms with Crippen molar-refractivity contribution in [1.29, 1.82) is 0 Å². The molecular weight excluding hydrogens is 471 g/mol. The van der Waals surface area contributed by atoms with Crippen LogP contribution in [0.15, 0.2) is 77.7 Å². The van der Waals surface area contributed by atoms with Crippen molar-refractivity contribution in [2.75, 3.05) is 13.7 Å². The minimum Gasteiger partial charge on any atom is -0.497 e. The van der Waals surface area contributed by atoms with Crippen molar-refractivity contribution in [3.8, 4) is 11.5 Å². The summed E-state index contributed by atoms with van der Waals surface area (Å²) in [7, 11) is -2.29. The third-order valence-electron chi connectivity index (χ3n) is 5.83. The molecule has 1 amide bonds. The lowest BCUT2D eigenvalue weighted by molar-refractivity contribution is -0.124.